The number of thiazole rings is 1. The largest absolute Gasteiger partial charge is 0.366 e. The van der Waals surface area contributed by atoms with Crippen LogP contribution >= 0.6 is 11.3 Å². The Kier molecular flexibility index (Phi) is 6.94. The number of rotatable bonds is 7. The molecule has 0 radical (unpaired) electrons. The van der Waals surface area contributed by atoms with Gasteiger partial charge in [0, 0.05) is 17.5 Å². The van der Waals surface area contributed by atoms with E-state index < -0.39 is 5.91 Å². The van der Waals surface area contributed by atoms with E-state index in [1.807, 2.05) is 19.1 Å². The van der Waals surface area contributed by atoms with Crippen molar-refractivity contribution in [3.8, 4) is 0 Å². The summed E-state index contributed by atoms with van der Waals surface area (Å²) in [5.74, 6) is 0.757. The van der Waals surface area contributed by atoms with Crippen molar-refractivity contribution in [1.82, 2.24) is 15.6 Å². The second-order valence-corrected chi connectivity index (χ2v) is 6.87. The van der Waals surface area contributed by atoms with E-state index in [4.69, 9.17) is 5.73 Å². The van der Waals surface area contributed by atoms with E-state index in [0.29, 0.717) is 24.6 Å². The highest BCUT2D eigenvalue weighted by Gasteiger charge is 2.06. The van der Waals surface area contributed by atoms with Gasteiger partial charge in [-0.2, -0.15) is 0 Å². The minimum atomic E-state index is -0.422. The Bertz CT molecular complexity index is 721. The van der Waals surface area contributed by atoms with Crippen LogP contribution in [0.25, 0.3) is 0 Å². The SMILES string of the molecule is CCNC(=NCc1ccc(C(N)=O)cc1)NCc1nc(C(C)C)cs1. The van der Waals surface area contributed by atoms with E-state index in [1.54, 1.807) is 23.5 Å². The van der Waals surface area contributed by atoms with Crippen LogP contribution in [-0.4, -0.2) is 23.4 Å². The van der Waals surface area contributed by atoms with Gasteiger partial charge in [-0.05, 0) is 30.5 Å². The summed E-state index contributed by atoms with van der Waals surface area (Å²) in [5.41, 5.74) is 7.89. The molecule has 0 saturated carbocycles. The molecule has 0 aliphatic carbocycles. The number of aromatic nitrogens is 1. The molecule has 4 N–H and O–H groups in total. The minimum absolute atomic E-state index is 0.422. The number of nitrogens with two attached hydrogens (primary N) is 1. The van der Waals surface area contributed by atoms with E-state index in [9.17, 15) is 4.79 Å². The minimum Gasteiger partial charge on any atom is -0.366 e. The van der Waals surface area contributed by atoms with Gasteiger partial charge in [0.1, 0.15) is 5.01 Å². The summed E-state index contributed by atoms with van der Waals surface area (Å²) in [6, 6.07) is 7.17. The maximum atomic E-state index is 11.1. The molecule has 7 heteroatoms. The molecule has 0 fully saturated rings. The molecule has 6 nitrogen and oxygen atoms in total. The lowest BCUT2D eigenvalue weighted by atomic mass is 10.1. The molecule has 2 rings (SSSR count). The first kappa shape index (κ1) is 18.9. The lowest BCUT2D eigenvalue weighted by molar-refractivity contribution is 0.100. The van der Waals surface area contributed by atoms with Crippen molar-refractivity contribution in [2.75, 3.05) is 6.54 Å². The van der Waals surface area contributed by atoms with E-state index in [-0.39, 0.29) is 0 Å². The second-order valence-electron chi connectivity index (χ2n) is 5.93. The highest BCUT2D eigenvalue weighted by molar-refractivity contribution is 7.09. The number of carbonyl (C=O) groups is 1. The lowest BCUT2D eigenvalue weighted by Crippen LogP contribution is -2.36. The first-order chi connectivity index (χ1) is 12.0. The van der Waals surface area contributed by atoms with Crippen LogP contribution in [0.4, 0.5) is 0 Å². The lowest BCUT2D eigenvalue weighted by Gasteiger charge is -2.10. The Hall–Kier alpha value is -2.41. The zero-order chi connectivity index (χ0) is 18.2. The average Bonchev–Trinajstić information content (AvgIpc) is 3.07. The predicted octanol–water partition coefficient (Wildman–Crippen LogP) is 2.62. The van der Waals surface area contributed by atoms with Crippen molar-refractivity contribution in [3.63, 3.8) is 0 Å². The fraction of sp³-hybridized carbons (Fsp3) is 0.389. The van der Waals surface area contributed by atoms with Gasteiger partial charge in [-0.25, -0.2) is 9.98 Å². The van der Waals surface area contributed by atoms with Gasteiger partial charge in [0.15, 0.2) is 5.96 Å². The third-order valence-electron chi connectivity index (χ3n) is 3.57. The Morgan fingerprint density at radius 3 is 2.56 bits per heavy atom. The molecule has 0 unspecified atom stereocenters. The number of primary amides is 1. The number of hydrogen-bond acceptors (Lipinski definition) is 4. The predicted molar refractivity (Wildman–Crippen MR) is 103 cm³/mol. The number of nitrogens with one attached hydrogen (secondary N) is 2. The van der Waals surface area contributed by atoms with Crippen LogP contribution in [0.15, 0.2) is 34.6 Å². The Labute approximate surface area is 152 Å². The van der Waals surface area contributed by atoms with Crippen molar-refractivity contribution in [2.24, 2.45) is 10.7 Å². The molecule has 1 amide bonds. The number of guanidine groups is 1. The van der Waals surface area contributed by atoms with Gasteiger partial charge in [-0.3, -0.25) is 4.79 Å². The van der Waals surface area contributed by atoms with Crippen LogP contribution in [-0.2, 0) is 13.1 Å². The van der Waals surface area contributed by atoms with Gasteiger partial charge < -0.3 is 16.4 Å². The summed E-state index contributed by atoms with van der Waals surface area (Å²) in [7, 11) is 0. The third kappa shape index (κ3) is 5.86. The molecule has 1 aromatic heterocycles. The van der Waals surface area contributed by atoms with E-state index >= 15 is 0 Å². The first-order valence-electron chi connectivity index (χ1n) is 8.34. The van der Waals surface area contributed by atoms with Gasteiger partial charge in [0.05, 0.1) is 18.8 Å². The molecule has 2 aromatic rings. The number of nitrogens with zero attached hydrogens (tertiary/aromatic N) is 2. The van der Waals surface area contributed by atoms with Crippen molar-refractivity contribution >= 4 is 23.2 Å². The van der Waals surface area contributed by atoms with Gasteiger partial charge in [-0.15, -0.1) is 11.3 Å². The number of hydrogen-bond donors (Lipinski definition) is 3. The fourth-order valence-electron chi connectivity index (χ4n) is 2.12. The average molecular weight is 359 g/mol. The summed E-state index contributed by atoms with van der Waals surface area (Å²) in [6.07, 6.45) is 0. The maximum Gasteiger partial charge on any atom is 0.248 e. The van der Waals surface area contributed by atoms with Gasteiger partial charge in [0.2, 0.25) is 5.91 Å². The molecule has 134 valence electrons. The Balaban J connectivity index is 1.96. The van der Waals surface area contributed by atoms with Crippen LogP contribution in [0.2, 0.25) is 0 Å². The van der Waals surface area contributed by atoms with Crippen LogP contribution in [0.3, 0.4) is 0 Å². The second kappa shape index (κ2) is 9.17. The maximum absolute atomic E-state index is 11.1. The molecule has 1 heterocycles. The van der Waals surface area contributed by atoms with Crippen LogP contribution in [0.5, 0.6) is 0 Å². The molecular weight excluding hydrogens is 334 g/mol. The molecule has 0 bridgehead atoms. The van der Waals surface area contributed by atoms with Crippen molar-refractivity contribution in [1.29, 1.82) is 0 Å². The van der Waals surface area contributed by atoms with Crippen LogP contribution in [0, 0.1) is 0 Å². The first-order valence-corrected chi connectivity index (χ1v) is 9.22. The quantitative estimate of drug-likeness (QED) is 0.523. The number of benzene rings is 1. The standard InChI is InChI=1S/C18H25N5OS/c1-4-20-18(22-10-16-23-15(11-25-16)12(2)3)21-9-13-5-7-14(8-6-13)17(19)24/h5-8,11-12H,4,9-10H2,1-3H3,(H2,19,24)(H2,20,21,22). The number of carbonyl (C=O) groups excluding carboxylic acids is 1. The summed E-state index contributed by atoms with van der Waals surface area (Å²) in [4.78, 5) is 20.3. The van der Waals surface area contributed by atoms with Crippen molar-refractivity contribution in [3.05, 3.63) is 51.5 Å². The number of amides is 1. The smallest absolute Gasteiger partial charge is 0.248 e. The Morgan fingerprint density at radius 1 is 1.28 bits per heavy atom. The highest BCUT2D eigenvalue weighted by atomic mass is 32.1. The van der Waals surface area contributed by atoms with Crippen molar-refractivity contribution in [2.45, 2.75) is 39.8 Å². The molecule has 0 aliphatic rings. The molecule has 1 aromatic carbocycles. The topological polar surface area (TPSA) is 92.4 Å². The van der Waals surface area contributed by atoms with Crippen LogP contribution < -0.4 is 16.4 Å². The molecular formula is C18H25N5OS. The summed E-state index contributed by atoms with van der Waals surface area (Å²) >= 11 is 1.66. The zero-order valence-corrected chi connectivity index (χ0v) is 15.7. The summed E-state index contributed by atoms with van der Waals surface area (Å²) in [5, 5.41) is 9.67. The normalized spacial score (nSPS) is 11.6. The van der Waals surface area contributed by atoms with Gasteiger partial charge in [-0.1, -0.05) is 26.0 Å². The molecule has 25 heavy (non-hydrogen) atoms. The fourth-order valence-corrected chi connectivity index (χ4v) is 3.01. The van der Waals surface area contributed by atoms with E-state index in [2.05, 4.69) is 39.8 Å². The van der Waals surface area contributed by atoms with Crippen LogP contribution in [0.1, 0.15) is 53.3 Å². The number of aliphatic imine (C=N–C) groups is 1. The van der Waals surface area contributed by atoms with E-state index in [0.717, 1.165) is 28.8 Å². The molecule has 0 aliphatic heterocycles. The zero-order valence-electron chi connectivity index (χ0n) is 14.9. The van der Waals surface area contributed by atoms with Crippen molar-refractivity contribution < 1.29 is 4.79 Å². The van der Waals surface area contributed by atoms with E-state index in [1.165, 1.54) is 0 Å². The molecule has 0 saturated heterocycles. The molecule has 0 spiro atoms. The molecule has 0 atom stereocenters. The van der Waals surface area contributed by atoms with Gasteiger partial charge in [0.25, 0.3) is 0 Å². The Morgan fingerprint density at radius 2 is 2.00 bits per heavy atom. The highest BCUT2D eigenvalue weighted by Crippen LogP contribution is 2.17. The van der Waals surface area contributed by atoms with Gasteiger partial charge >= 0.3 is 0 Å². The summed E-state index contributed by atoms with van der Waals surface area (Å²) in [6.45, 7) is 8.25. The third-order valence-corrected chi connectivity index (χ3v) is 4.44. The monoisotopic (exact) mass is 359 g/mol. The summed E-state index contributed by atoms with van der Waals surface area (Å²) < 4.78 is 0.